The summed E-state index contributed by atoms with van der Waals surface area (Å²) in [6.07, 6.45) is 4.12. The maximum absolute atomic E-state index is 12.5. The molecule has 3 aliphatic rings. The Morgan fingerprint density at radius 2 is 1.92 bits per heavy atom. The Labute approximate surface area is 148 Å². The molecule has 130 valence electrons. The Bertz CT molecular complexity index is 752. The van der Waals surface area contributed by atoms with Crippen LogP contribution in [0.15, 0.2) is 42.6 Å². The zero-order chi connectivity index (χ0) is 17.2. The highest BCUT2D eigenvalue weighted by atomic mass is 16.5. The van der Waals surface area contributed by atoms with Crippen LogP contribution >= 0.6 is 0 Å². The number of nitrogens with zero attached hydrogens (tertiary/aromatic N) is 2. The standard InChI is InChI=1S/C20H23N3O2/c1-14-12-18(6-9-21-14)25-17-4-2-16(3-5-17)20(24)22-19-13-23-10-7-15(19)8-11-23/h2-6,9,12,15,19H,7-8,10-11,13H2,1H3,(H,22,24). The van der Waals surface area contributed by atoms with Crippen molar-refractivity contribution in [3.63, 3.8) is 0 Å². The van der Waals surface area contributed by atoms with Gasteiger partial charge in [0.2, 0.25) is 0 Å². The molecule has 5 heteroatoms. The number of amides is 1. The van der Waals surface area contributed by atoms with E-state index in [2.05, 4.69) is 15.2 Å². The van der Waals surface area contributed by atoms with E-state index in [1.807, 2.05) is 43.3 Å². The highest BCUT2D eigenvalue weighted by Crippen LogP contribution is 2.28. The molecule has 0 saturated carbocycles. The molecule has 1 aromatic heterocycles. The summed E-state index contributed by atoms with van der Waals surface area (Å²) in [6, 6.07) is 11.3. The summed E-state index contributed by atoms with van der Waals surface area (Å²) in [4.78, 5) is 19.1. The van der Waals surface area contributed by atoms with Gasteiger partial charge in [-0.2, -0.15) is 0 Å². The van der Waals surface area contributed by atoms with Crippen molar-refractivity contribution in [3.8, 4) is 11.5 Å². The summed E-state index contributed by atoms with van der Waals surface area (Å²) in [5, 5.41) is 3.21. The topological polar surface area (TPSA) is 54.5 Å². The van der Waals surface area contributed by atoms with Crippen molar-refractivity contribution in [3.05, 3.63) is 53.9 Å². The SMILES string of the molecule is Cc1cc(Oc2ccc(C(=O)NC3CN4CCC3CC4)cc2)ccn1. The number of carbonyl (C=O) groups excluding carboxylic acids is 1. The van der Waals surface area contributed by atoms with Gasteiger partial charge < -0.3 is 15.0 Å². The number of piperidine rings is 3. The van der Waals surface area contributed by atoms with Gasteiger partial charge in [0.05, 0.1) is 0 Å². The fraction of sp³-hybridized carbons (Fsp3) is 0.400. The Morgan fingerprint density at radius 3 is 2.56 bits per heavy atom. The van der Waals surface area contributed by atoms with Crippen molar-refractivity contribution < 1.29 is 9.53 Å². The lowest BCUT2D eigenvalue weighted by Crippen LogP contribution is -2.57. The van der Waals surface area contributed by atoms with Crippen LogP contribution in [0, 0.1) is 12.8 Å². The van der Waals surface area contributed by atoms with Crippen LogP contribution in [0.3, 0.4) is 0 Å². The number of hydrogen-bond acceptors (Lipinski definition) is 4. The zero-order valence-corrected chi connectivity index (χ0v) is 14.4. The lowest BCUT2D eigenvalue weighted by atomic mass is 9.84. The zero-order valence-electron chi connectivity index (χ0n) is 14.4. The van der Waals surface area contributed by atoms with Crippen LogP contribution in [0.2, 0.25) is 0 Å². The molecule has 5 rings (SSSR count). The van der Waals surface area contributed by atoms with Gasteiger partial charge in [-0.05, 0) is 69.1 Å². The summed E-state index contributed by atoms with van der Waals surface area (Å²) in [5.74, 6) is 2.10. The average Bonchev–Trinajstić information content (AvgIpc) is 2.63. The van der Waals surface area contributed by atoms with Crippen molar-refractivity contribution in [2.75, 3.05) is 19.6 Å². The third kappa shape index (κ3) is 3.66. The van der Waals surface area contributed by atoms with Crippen LogP contribution in [0.25, 0.3) is 0 Å². The molecule has 3 aliphatic heterocycles. The van der Waals surface area contributed by atoms with Crippen LogP contribution in [0.5, 0.6) is 11.5 Å². The van der Waals surface area contributed by atoms with Gasteiger partial charge in [0.1, 0.15) is 11.5 Å². The molecule has 1 N–H and O–H groups in total. The predicted molar refractivity (Wildman–Crippen MR) is 95.9 cm³/mol. The lowest BCUT2D eigenvalue weighted by molar-refractivity contribution is 0.0620. The summed E-state index contributed by atoms with van der Waals surface area (Å²) < 4.78 is 5.81. The second-order valence-corrected chi connectivity index (χ2v) is 6.98. The van der Waals surface area contributed by atoms with Crippen molar-refractivity contribution in [2.24, 2.45) is 5.92 Å². The van der Waals surface area contributed by atoms with Gasteiger partial charge in [-0.15, -0.1) is 0 Å². The van der Waals surface area contributed by atoms with Gasteiger partial charge in [0, 0.05) is 36.1 Å². The van der Waals surface area contributed by atoms with E-state index in [1.165, 1.54) is 25.9 Å². The number of fused-ring (bicyclic) bond motifs is 3. The minimum absolute atomic E-state index is 0.00468. The Morgan fingerprint density at radius 1 is 1.16 bits per heavy atom. The van der Waals surface area contributed by atoms with Crippen molar-refractivity contribution >= 4 is 5.91 Å². The summed E-state index contributed by atoms with van der Waals surface area (Å²) in [6.45, 7) is 5.27. The molecule has 4 heterocycles. The smallest absolute Gasteiger partial charge is 0.251 e. The van der Waals surface area contributed by atoms with Crippen molar-refractivity contribution in [2.45, 2.75) is 25.8 Å². The van der Waals surface area contributed by atoms with E-state index in [1.54, 1.807) is 6.20 Å². The van der Waals surface area contributed by atoms with Gasteiger partial charge in [0.25, 0.3) is 5.91 Å². The van der Waals surface area contributed by atoms with Gasteiger partial charge in [-0.25, -0.2) is 0 Å². The number of aryl methyl sites for hydroxylation is 1. The molecule has 1 atom stereocenters. The molecule has 25 heavy (non-hydrogen) atoms. The van der Waals surface area contributed by atoms with Crippen molar-refractivity contribution in [1.29, 1.82) is 0 Å². The van der Waals surface area contributed by atoms with E-state index in [-0.39, 0.29) is 11.9 Å². The number of aromatic nitrogens is 1. The van der Waals surface area contributed by atoms with Crippen LogP contribution in [-0.2, 0) is 0 Å². The van der Waals surface area contributed by atoms with Crippen LogP contribution < -0.4 is 10.1 Å². The third-order valence-corrected chi connectivity index (χ3v) is 5.19. The van der Waals surface area contributed by atoms with Gasteiger partial charge >= 0.3 is 0 Å². The van der Waals surface area contributed by atoms with Crippen LogP contribution in [0.1, 0.15) is 28.9 Å². The third-order valence-electron chi connectivity index (χ3n) is 5.19. The molecule has 1 aromatic carbocycles. The first-order valence-corrected chi connectivity index (χ1v) is 8.91. The molecule has 0 spiro atoms. The molecule has 5 nitrogen and oxygen atoms in total. The molecular formula is C20H23N3O2. The molecule has 2 bridgehead atoms. The second kappa shape index (κ2) is 6.84. The summed E-state index contributed by atoms with van der Waals surface area (Å²) in [7, 11) is 0. The fourth-order valence-corrected chi connectivity index (χ4v) is 3.77. The van der Waals surface area contributed by atoms with Crippen LogP contribution in [0.4, 0.5) is 0 Å². The quantitative estimate of drug-likeness (QED) is 0.932. The monoisotopic (exact) mass is 337 g/mol. The number of hydrogen-bond donors (Lipinski definition) is 1. The van der Waals surface area contributed by atoms with E-state index < -0.39 is 0 Å². The minimum Gasteiger partial charge on any atom is -0.457 e. The molecule has 0 radical (unpaired) electrons. The van der Waals surface area contributed by atoms with Crippen molar-refractivity contribution in [1.82, 2.24) is 15.2 Å². The average molecular weight is 337 g/mol. The first kappa shape index (κ1) is 16.1. The Balaban J connectivity index is 1.39. The molecule has 3 saturated heterocycles. The lowest BCUT2D eigenvalue weighted by Gasteiger charge is -2.44. The normalized spacial score (nSPS) is 24.8. The number of carbonyl (C=O) groups is 1. The largest absolute Gasteiger partial charge is 0.457 e. The molecule has 3 fully saturated rings. The van der Waals surface area contributed by atoms with Gasteiger partial charge in [0.15, 0.2) is 0 Å². The predicted octanol–water partition coefficient (Wildman–Crippen LogP) is 3.01. The highest BCUT2D eigenvalue weighted by molar-refractivity contribution is 5.94. The Hall–Kier alpha value is -2.40. The van der Waals surface area contributed by atoms with E-state index in [0.717, 1.165) is 18.0 Å². The molecular weight excluding hydrogens is 314 g/mol. The van der Waals surface area contributed by atoms with Gasteiger partial charge in [-0.1, -0.05) is 0 Å². The number of benzene rings is 1. The summed E-state index contributed by atoms with van der Waals surface area (Å²) in [5.41, 5.74) is 1.58. The number of ether oxygens (including phenoxy) is 1. The highest BCUT2D eigenvalue weighted by Gasteiger charge is 2.34. The first-order chi connectivity index (χ1) is 12.2. The minimum atomic E-state index is 0.00468. The second-order valence-electron chi connectivity index (χ2n) is 6.98. The molecule has 0 aliphatic carbocycles. The first-order valence-electron chi connectivity index (χ1n) is 8.91. The maximum Gasteiger partial charge on any atom is 0.251 e. The molecule has 1 amide bonds. The Kier molecular flexibility index (Phi) is 4.40. The van der Waals surface area contributed by atoms with Crippen LogP contribution in [-0.4, -0.2) is 41.5 Å². The summed E-state index contributed by atoms with van der Waals surface area (Å²) >= 11 is 0. The number of rotatable bonds is 4. The van der Waals surface area contributed by atoms with E-state index in [4.69, 9.17) is 4.74 Å². The molecule has 2 aromatic rings. The number of nitrogens with one attached hydrogen (secondary N) is 1. The fourth-order valence-electron chi connectivity index (χ4n) is 3.77. The van der Waals surface area contributed by atoms with E-state index in [0.29, 0.717) is 17.2 Å². The van der Waals surface area contributed by atoms with Gasteiger partial charge in [-0.3, -0.25) is 9.78 Å². The molecule has 1 unspecified atom stereocenters. The number of pyridine rings is 1. The van der Waals surface area contributed by atoms with E-state index >= 15 is 0 Å². The van der Waals surface area contributed by atoms with E-state index in [9.17, 15) is 4.79 Å². The maximum atomic E-state index is 12.5.